The van der Waals surface area contributed by atoms with Crippen LogP contribution < -0.4 is 85.7 Å². The van der Waals surface area contributed by atoms with Crippen LogP contribution in [0.1, 0.15) is 39.5 Å². The van der Waals surface area contributed by atoms with E-state index in [0.717, 1.165) is 0 Å². The van der Waals surface area contributed by atoms with E-state index in [4.69, 9.17) is 5.73 Å². The van der Waals surface area contributed by atoms with Gasteiger partial charge in [-0.2, -0.15) is 0 Å². The first kappa shape index (κ1) is 37.7. The van der Waals surface area contributed by atoms with E-state index < -0.39 is 77.2 Å². The van der Waals surface area contributed by atoms with Crippen LogP contribution in [0.15, 0.2) is 0 Å². The van der Waals surface area contributed by atoms with Crippen molar-refractivity contribution in [2.45, 2.75) is 56.9 Å². The normalized spacial score (nSPS) is 13.1. The Bertz CT molecular complexity index is 737. The van der Waals surface area contributed by atoms with Gasteiger partial charge >= 0.3 is 71.1 Å². The van der Waals surface area contributed by atoms with Crippen molar-refractivity contribution in [3.05, 3.63) is 0 Å². The Morgan fingerprint density at radius 3 is 1.94 bits per heavy atom. The maximum atomic E-state index is 12.3. The third-order valence-electron chi connectivity index (χ3n) is 4.89. The van der Waals surface area contributed by atoms with Crippen LogP contribution in [0.25, 0.3) is 0 Å². The van der Waals surface area contributed by atoms with Gasteiger partial charge in [-0.3, -0.25) is 19.2 Å². The first-order valence-electron chi connectivity index (χ1n) is 9.63. The second kappa shape index (κ2) is 18.4. The molecule has 6 N–H and O–H groups in total. The maximum absolute atomic E-state index is 12.3. The van der Waals surface area contributed by atoms with Gasteiger partial charge in [0, 0.05) is 18.2 Å². The van der Waals surface area contributed by atoms with Gasteiger partial charge in [0.2, 0.25) is 11.8 Å². The summed E-state index contributed by atoms with van der Waals surface area (Å²) < 4.78 is 0. The Morgan fingerprint density at radius 1 is 1.03 bits per heavy atom. The molecular weight excluding hydrogens is 496 g/mol. The van der Waals surface area contributed by atoms with Crippen molar-refractivity contribution in [3.8, 4) is 0 Å². The molecule has 0 rings (SSSR count). The molecule has 0 fully saturated rings. The zero-order chi connectivity index (χ0) is 25.1. The van der Waals surface area contributed by atoms with Crippen molar-refractivity contribution in [1.29, 1.82) is 0 Å². The van der Waals surface area contributed by atoms with Gasteiger partial charge in [-0.15, -0.1) is 11.8 Å². The van der Waals surface area contributed by atoms with Crippen LogP contribution in [0.5, 0.6) is 0 Å². The quantitative estimate of drug-likeness (QED) is 0.119. The Labute approximate surface area is 244 Å². The number of hydrogen-bond donors (Lipinski definition) is 5. The van der Waals surface area contributed by atoms with E-state index in [2.05, 4.69) is 5.32 Å². The van der Waals surface area contributed by atoms with Crippen LogP contribution >= 0.6 is 11.8 Å². The second-order valence-corrected chi connectivity index (χ2v) is 8.03. The minimum atomic E-state index is -1.65. The Morgan fingerprint density at radius 2 is 1.56 bits per heavy atom. The van der Waals surface area contributed by atoms with Gasteiger partial charge in [-0.1, -0.05) is 13.8 Å². The SMILES string of the molecule is CCC(CC)(C(=O)O)C(SCC(NC(=O)CCC(N)C(=O)[O-])C(=O)NCC(=O)[O-])C(=O)O.[Na+].[Na+]. The van der Waals surface area contributed by atoms with Crippen molar-refractivity contribution in [3.63, 3.8) is 0 Å². The summed E-state index contributed by atoms with van der Waals surface area (Å²) in [6, 6.07) is -2.87. The van der Waals surface area contributed by atoms with Crippen LogP contribution in [-0.2, 0) is 28.8 Å². The van der Waals surface area contributed by atoms with Gasteiger partial charge < -0.3 is 46.4 Å². The number of carbonyl (C=O) groups is 6. The second-order valence-electron chi connectivity index (χ2n) is 6.89. The molecule has 0 spiro atoms. The molecule has 0 aliphatic rings. The molecule has 16 heteroatoms. The number of carbonyl (C=O) groups excluding carboxylic acids is 4. The minimum Gasteiger partial charge on any atom is -0.548 e. The van der Waals surface area contributed by atoms with Gasteiger partial charge in [-0.05, 0) is 19.3 Å². The van der Waals surface area contributed by atoms with E-state index in [-0.39, 0.29) is 78.4 Å². The predicted octanol–water partition coefficient (Wildman–Crippen LogP) is -9.72. The van der Waals surface area contributed by atoms with Crippen LogP contribution in [0.4, 0.5) is 0 Å². The summed E-state index contributed by atoms with van der Waals surface area (Å²) in [6.07, 6.45) is -0.745. The molecule has 0 radical (unpaired) electrons. The molecule has 0 aliphatic heterocycles. The average molecular weight is 523 g/mol. The molecule has 0 saturated heterocycles. The Kier molecular flexibility index (Phi) is 20.4. The number of hydrogen-bond acceptors (Lipinski definition) is 10. The third kappa shape index (κ3) is 12.2. The number of carboxylic acids is 4. The number of aliphatic carboxylic acids is 4. The van der Waals surface area contributed by atoms with Crippen molar-refractivity contribution >= 4 is 47.5 Å². The fourth-order valence-corrected chi connectivity index (χ4v) is 4.35. The summed E-state index contributed by atoms with van der Waals surface area (Å²) >= 11 is 0.608. The van der Waals surface area contributed by atoms with Crippen molar-refractivity contribution in [2.75, 3.05) is 12.3 Å². The van der Waals surface area contributed by atoms with E-state index in [9.17, 15) is 49.2 Å². The van der Waals surface area contributed by atoms with Crippen LogP contribution in [0.3, 0.4) is 0 Å². The predicted molar refractivity (Wildman–Crippen MR) is 107 cm³/mol. The Balaban J connectivity index is -0.00000480. The molecule has 3 atom stereocenters. The molecule has 13 nitrogen and oxygen atoms in total. The number of rotatable bonds is 16. The van der Waals surface area contributed by atoms with E-state index in [0.29, 0.717) is 11.8 Å². The molecule has 0 aromatic carbocycles. The number of amides is 2. The molecule has 0 aromatic rings. The number of nitrogens with two attached hydrogens (primary N) is 1. The van der Waals surface area contributed by atoms with Gasteiger partial charge in [0.05, 0.1) is 23.9 Å². The summed E-state index contributed by atoms with van der Waals surface area (Å²) in [5.41, 5.74) is 3.61. The molecule has 3 unspecified atom stereocenters. The topological polar surface area (TPSA) is 239 Å². The van der Waals surface area contributed by atoms with Crippen molar-refractivity contribution < 1.29 is 108 Å². The zero-order valence-electron chi connectivity index (χ0n) is 19.6. The van der Waals surface area contributed by atoms with E-state index in [1.807, 2.05) is 5.32 Å². The molecular formula is C18H27N3Na2O10S. The average Bonchev–Trinajstić information content (AvgIpc) is 2.71. The Hall–Kier alpha value is -0.870. The standard InChI is InChI=1S/C18H29N3O10S.2Na/c1-3-18(4-2,17(30)31)13(16(28)29)32-8-10(14(25)20-7-12(23)24)21-11(22)6-5-9(19)15(26)27;;/h9-10,13H,3-8,19H2,1-2H3,(H,20,25)(H,21,22)(H,23,24)(H,26,27)(H,28,29)(H,30,31);;/q;2*+1/p-2. The largest absolute Gasteiger partial charge is 1.00 e. The monoisotopic (exact) mass is 523 g/mol. The first-order valence-corrected chi connectivity index (χ1v) is 10.7. The summed E-state index contributed by atoms with van der Waals surface area (Å²) in [5.74, 6) is -8.13. The molecule has 0 bridgehead atoms. The van der Waals surface area contributed by atoms with Crippen LogP contribution in [0.2, 0.25) is 0 Å². The molecule has 182 valence electrons. The fourth-order valence-electron chi connectivity index (χ4n) is 2.83. The van der Waals surface area contributed by atoms with Crippen molar-refractivity contribution in [1.82, 2.24) is 10.6 Å². The number of thioether (sulfide) groups is 1. The van der Waals surface area contributed by atoms with Gasteiger partial charge in [0.25, 0.3) is 0 Å². The molecule has 0 aromatic heterocycles. The summed E-state index contributed by atoms with van der Waals surface area (Å²) in [4.78, 5) is 69.3. The van der Waals surface area contributed by atoms with Crippen LogP contribution in [-0.4, -0.2) is 75.5 Å². The fraction of sp³-hybridized carbons (Fsp3) is 0.667. The summed E-state index contributed by atoms with van der Waals surface area (Å²) in [7, 11) is 0. The van der Waals surface area contributed by atoms with Crippen molar-refractivity contribution in [2.24, 2.45) is 11.1 Å². The van der Waals surface area contributed by atoms with Gasteiger partial charge in [0.15, 0.2) is 0 Å². The van der Waals surface area contributed by atoms with E-state index in [1.165, 1.54) is 13.8 Å². The smallest absolute Gasteiger partial charge is 0.548 e. The summed E-state index contributed by atoms with van der Waals surface area (Å²) in [6.45, 7) is 2.15. The number of nitrogens with one attached hydrogen (secondary N) is 2. The third-order valence-corrected chi connectivity index (χ3v) is 6.40. The molecule has 0 heterocycles. The minimum absolute atomic E-state index is 0. The maximum Gasteiger partial charge on any atom is 1.00 e. The van der Waals surface area contributed by atoms with Gasteiger partial charge in [-0.25, -0.2) is 0 Å². The van der Waals surface area contributed by atoms with E-state index >= 15 is 0 Å². The molecule has 0 saturated carbocycles. The van der Waals surface area contributed by atoms with E-state index in [1.54, 1.807) is 0 Å². The molecule has 2 amide bonds. The molecule has 0 aliphatic carbocycles. The first-order chi connectivity index (χ1) is 14.8. The zero-order valence-corrected chi connectivity index (χ0v) is 24.4. The van der Waals surface area contributed by atoms with Gasteiger partial charge in [0.1, 0.15) is 11.3 Å². The van der Waals surface area contributed by atoms with Crippen LogP contribution in [0, 0.1) is 5.41 Å². The number of carboxylic acid groups (broad SMARTS) is 4. The summed E-state index contributed by atoms with van der Waals surface area (Å²) in [5, 5.41) is 43.2. The molecule has 34 heavy (non-hydrogen) atoms.